The average molecular weight is 355 g/mol. The Labute approximate surface area is 148 Å². The van der Waals surface area contributed by atoms with Crippen LogP contribution in [0.25, 0.3) is 0 Å². The Balaban J connectivity index is 1.52. The van der Waals surface area contributed by atoms with Crippen molar-refractivity contribution in [2.45, 2.75) is 24.9 Å². The van der Waals surface area contributed by atoms with Crippen LogP contribution in [0.1, 0.15) is 33.6 Å². The van der Waals surface area contributed by atoms with Gasteiger partial charge in [-0.15, -0.1) is 0 Å². The maximum Gasteiger partial charge on any atom is 0.343 e. The van der Waals surface area contributed by atoms with Gasteiger partial charge in [-0.3, -0.25) is 19.7 Å². The van der Waals surface area contributed by atoms with Crippen LogP contribution in [-0.4, -0.2) is 65.5 Å². The van der Waals surface area contributed by atoms with Crippen LogP contribution in [0.5, 0.6) is 0 Å². The molecule has 0 aromatic heterocycles. The van der Waals surface area contributed by atoms with Gasteiger partial charge in [0.15, 0.2) is 0 Å². The summed E-state index contributed by atoms with van der Waals surface area (Å²) in [7, 11) is 0. The normalized spacial score (nSPS) is 27.5. The standard InChI is InChI=1S/C17H17N5O4/c23-13-4-5-21(17(26)19-13)22-15(24)11-2-1-3-12(14(11)16(22)25)20-8-9-6-10(20)7-18-9/h1-3,9-10,18H,4-8H2,(H,19,23,26)/t9-,10-/m1/s1. The molecule has 4 heterocycles. The van der Waals surface area contributed by atoms with E-state index in [1.165, 1.54) is 0 Å². The highest BCUT2D eigenvalue weighted by Crippen LogP contribution is 2.37. The number of nitrogens with one attached hydrogen (secondary N) is 2. The smallest absolute Gasteiger partial charge is 0.343 e. The van der Waals surface area contributed by atoms with Crippen LogP contribution in [0, 0.1) is 0 Å². The molecule has 0 unspecified atom stereocenters. The molecule has 0 aliphatic carbocycles. The zero-order chi connectivity index (χ0) is 18.0. The lowest BCUT2D eigenvalue weighted by atomic mass is 10.1. The van der Waals surface area contributed by atoms with E-state index in [1.54, 1.807) is 12.1 Å². The van der Waals surface area contributed by atoms with Crippen LogP contribution in [0.2, 0.25) is 0 Å². The van der Waals surface area contributed by atoms with E-state index in [0.29, 0.717) is 23.2 Å². The van der Waals surface area contributed by atoms with Gasteiger partial charge in [0.2, 0.25) is 5.91 Å². The molecular weight excluding hydrogens is 338 g/mol. The van der Waals surface area contributed by atoms with Crippen LogP contribution >= 0.6 is 0 Å². The zero-order valence-corrected chi connectivity index (χ0v) is 13.9. The second-order valence-corrected chi connectivity index (χ2v) is 7.00. The lowest BCUT2D eigenvalue weighted by Gasteiger charge is -2.33. The highest BCUT2D eigenvalue weighted by molar-refractivity contribution is 6.24. The molecule has 3 fully saturated rings. The van der Waals surface area contributed by atoms with E-state index in [0.717, 1.165) is 35.2 Å². The fourth-order valence-electron chi connectivity index (χ4n) is 4.32. The third-order valence-electron chi connectivity index (χ3n) is 5.51. The van der Waals surface area contributed by atoms with Crippen LogP contribution < -0.4 is 15.5 Å². The summed E-state index contributed by atoms with van der Waals surface area (Å²) in [6, 6.07) is 5.19. The van der Waals surface area contributed by atoms with Crippen molar-refractivity contribution in [3.05, 3.63) is 29.3 Å². The summed E-state index contributed by atoms with van der Waals surface area (Å²) >= 11 is 0. The first-order valence-electron chi connectivity index (χ1n) is 8.67. The number of rotatable bonds is 2. The minimum atomic E-state index is -0.748. The van der Waals surface area contributed by atoms with Crippen molar-refractivity contribution in [1.82, 2.24) is 20.7 Å². The molecule has 2 bridgehead atoms. The number of amides is 5. The maximum absolute atomic E-state index is 13.1. The molecule has 5 amide bonds. The van der Waals surface area contributed by atoms with Crippen LogP contribution in [-0.2, 0) is 4.79 Å². The Morgan fingerprint density at radius 2 is 1.92 bits per heavy atom. The number of piperazine rings is 1. The number of fused-ring (bicyclic) bond motifs is 3. The Bertz CT molecular complexity index is 869. The Morgan fingerprint density at radius 3 is 2.62 bits per heavy atom. The number of carbonyl (C=O) groups is 4. The quantitative estimate of drug-likeness (QED) is 0.706. The summed E-state index contributed by atoms with van der Waals surface area (Å²) in [6.45, 7) is 1.65. The fourth-order valence-corrected chi connectivity index (χ4v) is 4.32. The second kappa shape index (κ2) is 5.28. The molecule has 9 nitrogen and oxygen atoms in total. The van der Waals surface area contributed by atoms with E-state index in [2.05, 4.69) is 15.5 Å². The minimum absolute atomic E-state index is 0.00377. The summed E-state index contributed by atoms with van der Waals surface area (Å²) in [6.07, 6.45) is 1.07. The third kappa shape index (κ3) is 2.00. The average Bonchev–Trinajstić information content (AvgIpc) is 3.31. The van der Waals surface area contributed by atoms with Gasteiger partial charge in [0.25, 0.3) is 11.8 Å². The number of nitrogens with zero attached hydrogens (tertiary/aromatic N) is 3. The summed E-state index contributed by atoms with van der Waals surface area (Å²) in [5, 5.41) is 7.45. The van der Waals surface area contributed by atoms with Crippen LogP contribution in [0.3, 0.4) is 0 Å². The number of carbonyl (C=O) groups excluding carboxylic acids is 4. The third-order valence-corrected chi connectivity index (χ3v) is 5.51. The second-order valence-electron chi connectivity index (χ2n) is 7.00. The first-order chi connectivity index (χ1) is 12.5. The van der Waals surface area contributed by atoms with Gasteiger partial charge in [0.05, 0.1) is 23.4 Å². The topological polar surface area (TPSA) is 102 Å². The van der Waals surface area contributed by atoms with Gasteiger partial charge in [-0.05, 0) is 18.6 Å². The molecule has 26 heavy (non-hydrogen) atoms. The summed E-state index contributed by atoms with van der Waals surface area (Å²) in [5.74, 6) is -1.45. The van der Waals surface area contributed by atoms with Crippen molar-refractivity contribution in [2.24, 2.45) is 0 Å². The number of urea groups is 1. The van der Waals surface area contributed by atoms with E-state index in [-0.39, 0.29) is 13.0 Å². The number of hydrazine groups is 1. The number of hydrogen-bond donors (Lipinski definition) is 2. The van der Waals surface area contributed by atoms with Gasteiger partial charge in [-0.25, -0.2) is 9.80 Å². The SMILES string of the molecule is O=C1CCN(N2C(=O)c3cccc(N4C[C@H]5C[C@@H]4CN5)c3C2=O)C(=O)N1. The molecule has 0 saturated carbocycles. The molecule has 1 aromatic carbocycles. The molecule has 2 atom stereocenters. The van der Waals surface area contributed by atoms with Gasteiger partial charge in [-0.1, -0.05) is 6.07 Å². The molecule has 1 aromatic rings. The lowest BCUT2D eigenvalue weighted by Crippen LogP contribution is -2.58. The van der Waals surface area contributed by atoms with E-state index in [1.807, 2.05) is 6.07 Å². The molecule has 9 heteroatoms. The van der Waals surface area contributed by atoms with Gasteiger partial charge >= 0.3 is 6.03 Å². The molecule has 4 aliphatic heterocycles. The van der Waals surface area contributed by atoms with E-state index in [4.69, 9.17) is 0 Å². The van der Waals surface area contributed by atoms with Crippen molar-refractivity contribution in [2.75, 3.05) is 24.5 Å². The zero-order valence-electron chi connectivity index (χ0n) is 13.9. The highest BCUT2D eigenvalue weighted by atomic mass is 16.2. The molecule has 4 aliphatic rings. The molecule has 3 saturated heterocycles. The Hall–Kier alpha value is -2.94. The van der Waals surface area contributed by atoms with Gasteiger partial charge in [-0.2, -0.15) is 5.01 Å². The van der Waals surface area contributed by atoms with E-state index in [9.17, 15) is 19.2 Å². The van der Waals surface area contributed by atoms with Crippen LogP contribution in [0.4, 0.5) is 10.5 Å². The van der Waals surface area contributed by atoms with Crippen molar-refractivity contribution < 1.29 is 19.2 Å². The highest BCUT2D eigenvalue weighted by Gasteiger charge is 2.47. The minimum Gasteiger partial charge on any atom is -0.365 e. The molecule has 2 N–H and O–H groups in total. The van der Waals surface area contributed by atoms with Gasteiger partial charge in [0, 0.05) is 31.6 Å². The monoisotopic (exact) mass is 355 g/mol. The molecular formula is C17H17N5O4. The number of benzene rings is 1. The number of hydrogen-bond acceptors (Lipinski definition) is 6. The molecule has 5 rings (SSSR count). The molecule has 0 spiro atoms. The largest absolute Gasteiger partial charge is 0.365 e. The Morgan fingerprint density at radius 1 is 1.08 bits per heavy atom. The maximum atomic E-state index is 13.1. The predicted molar refractivity (Wildman–Crippen MR) is 89.3 cm³/mol. The summed E-state index contributed by atoms with van der Waals surface area (Å²) < 4.78 is 0. The van der Waals surface area contributed by atoms with Gasteiger partial charge < -0.3 is 10.2 Å². The van der Waals surface area contributed by atoms with E-state index < -0.39 is 23.8 Å². The fraction of sp³-hybridized carbons (Fsp3) is 0.412. The van der Waals surface area contributed by atoms with Gasteiger partial charge in [0.1, 0.15) is 0 Å². The first-order valence-corrected chi connectivity index (χ1v) is 8.67. The van der Waals surface area contributed by atoms with Crippen molar-refractivity contribution in [3.8, 4) is 0 Å². The summed E-state index contributed by atoms with van der Waals surface area (Å²) in [5.41, 5.74) is 1.38. The molecule has 0 radical (unpaired) electrons. The van der Waals surface area contributed by atoms with Crippen molar-refractivity contribution in [3.63, 3.8) is 0 Å². The Kier molecular flexibility index (Phi) is 3.11. The molecule has 134 valence electrons. The first kappa shape index (κ1) is 15.3. The van der Waals surface area contributed by atoms with Crippen LogP contribution in [0.15, 0.2) is 18.2 Å². The number of imide groups is 2. The number of anilines is 1. The van der Waals surface area contributed by atoms with E-state index >= 15 is 0 Å². The lowest BCUT2D eigenvalue weighted by molar-refractivity contribution is -0.122. The van der Waals surface area contributed by atoms with Crippen molar-refractivity contribution >= 4 is 29.4 Å². The summed E-state index contributed by atoms with van der Waals surface area (Å²) in [4.78, 5) is 51.5. The van der Waals surface area contributed by atoms with Crippen molar-refractivity contribution in [1.29, 1.82) is 0 Å². The predicted octanol–water partition coefficient (Wildman–Crippen LogP) is -0.310.